The zero-order valence-corrected chi connectivity index (χ0v) is 12.8. The fourth-order valence-electron chi connectivity index (χ4n) is 2.77. The number of aromatic nitrogens is 1. The number of pyridine rings is 1. The van der Waals surface area contributed by atoms with Gasteiger partial charge in [0.05, 0.1) is 18.0 Å². The van der Waals surface area contributed by atoms with Gasteiger partial charge in [-0.15, -0.1) is 0 Å². The van der Waals surface area contributed by atoms with Gasteiger partial charge >= 0.3 is 0 Å². The molecular weight excluding hydrogens is 250 g/mol. The first-order valence-electron chi connectivity index (χ1n) is 7.68. The van der Waals surface area contributed by atoms with Crippen molar-refractivity contribution in [1.82, 2.24) is 15.2 Å². The van der Waals surface area contributed by atoms with Crippen LogP contribution in [0.4, 0.5) is 0 Å². The van der Waals surface area contributed by atoms with E-state index >= 15 is 0 Å². The number of hydrogen-bond acceptors (Lipinski definition) is 4. The second-order valence-corrected chi connectivity index (χ2v) is 5.64. The zero-order valence-electron chi connectivity index (χ0n) is 12.8. The van der Waals surface area contributed by atoms with Crippen molar-refractivity contribution in [1.29, 1.82) is 0 Å². The molecule has 1 aliphatic rings. The minimum atomic E-state index is 0.689. The fourth-order valence-corrected chi connectivity index (χ4v) is 2.77. The van der Waals surface area contributed by atoms with Gasteiger partial charge in [-0.1, -0.05) is 13.0 Å². The molecule has 2 heterocycles. The van der Waals surface area contributed by atoms with E-state index in [4.69, 9.17) is 9.72 Å². The predicted molar refractivity (Wildman–Crippen MR) is 81.5 cm³/mol. The average molecular weight is 277 g/mol. The smallest absolute Gasteiger partial charge is 0.0547 e. The first-order chi connectivity index (χ1) is 9.81. The second kappa shape index (κ2) is 8.35. The van der Waals surface area contributed by atoms with Crippen LogP contribution >= 0.6 is 0 Å². The lowest BCUT2D eigenvalue weighted by Crippen LogP contribution is -2.22. The summed E-state index contributed by atoms with van der Waals surface area (Å²) in [5, 5.41) is 3.40. The van der Waals surface area contributed by atoms with E-state index in [-0.39, 0.29) is 0 Å². The van der Waals surface area contributed by atoms with Crippen LogP contribution in [-0.2, 0) is 17.8 Å². The summed E-state index contributed by atoms with van der Waals surface area (Å²) >= 11 is 0. The Morgan fingerprint density at radius 2 is 2.25 bits per heavy atom. The highest BCUT2D eigenvalue weighted by Crippen LogP contribution is 2.18. The lowest BCUT2D eigenvalue weighted by atomic mass is 10.1. The highest BCUT2D eigenvalue weighted by molar-refractivity contribution is 5.11. The monoisotopic (exact) mass is 277 g/mol. The van der Waals surface area contributed by atoms with Crippen molar-refractivity contribution in [2.75, 3.05) is 33.4 Å². The van der Waals surface area contributed by atoms with Crippen LogP contribution in [0, 0.1) is 5.92 Å². The van der Waals surface area contributed by atoms with Gasteiger partial charge in [0.2, 0.25) is 0 Å². The summed E-state index contributed by atoms with van der Waals surface area (Å²) in [5.41, 5.74) is 2.32. The molecule has 1 aliphatic heterocycles. The number of methoxy groups -OCH3 is 1. The third kappa shape index (κ3) is 4.85. The third-order valence-corrected chi connectivity index (χ3v) is 3.76. The third-order valence-electron chi connectivity index (χ3n) is 3.76. The van der Waals surface area contributed by atoms with E-state index in [2.05, 4.69) is 35.3 Å². The fraction of sp³-hybridized carbons (Fsp3) is 0.688. The Hall–Kier alpha value is -0.970. The Morgan fingerprint density at radius 1 is 1.40 bits per heavy atom. The van der Waals surface area contributed by atoms with E-state index in [1.165, 1.54) is 12.1 Å². The molecular formula is C16H27N3O. The average Bonchev–Trinajstić information content (AvgIpc) is 2.87. The minimum Gasteiger partial charge on any atom is -0.384 e. The van der Waals surface area contributed by atoms with E-state index in [1.807, 2.05) is 0 Å². The molecule has 0 bridgehead atoms. The number of hydrogen-bond donors (Lipinski definition) is 1. The predicted octanol–water partition coefficient (Wildman–Crippen LogP) is 2.05. The van der Waals surface area contributed by atoms with Gasteiger partial charge in [0.1, 0.15) is 0 Å². The van der Waals surface area contributed by atoms with Gasteiger partial charge in [0.25, 0.3) is 0 Å². The maximum Gasteiger partial charge on any atom is 0.0547 e. The van der Waals surface area contributed by atoms with Crippen molar-refractivity contribution in [2.45, 2.75) is 32.9 Å². The molecule has 0 radical (unpaired) electrons. The van der Waals surface area contributed by atoms with Gasteiger partial charge in [-0.3, -0.25) is 9.88 Å². The number of nitrogens with zero attached hydrogens (tertiary/aromatic N) is 2. The van der Waals surface area contributed by atoms with Crippen molar-refractivity contribution in [3.63, 3.8) is 0 Å². The molecule has 0 aromatic carbocycles. The Balaban J connectivity index is 1.82. The first-order valence-corrected chi connectivity index (χ1v) is 7.68. The molecule has 4 heteroatoms. The van der Waals surface area contributed by atoms with E-state index in [1.54, 1.807) is 7.11 Å². The van der Waals surface area contributed by atoms with Crippen LogP contribution in [0.25, 0.3) is 0 Å². The Labute approximate surface area is 122 Å². The molecule has 112 valence electrons. The van der Waals surface area contributed by atoms with E-state index in [9.17, 15) is 0 Å². The van der Waals surface area contributed by atoms with Crippen molar-refractivity contribution < 1.29 is 4.74 Å². The summed E-state index contributed by atoms with van der Waals surface area (Å²) in [6.07, 6.45) is 2.40. The van der Waals surface area contributed by atoms with Crippen LogP contribution < -0.4 is 5.32 Å². The molecule has 0 saturated carbocycles. The molecule has 0 aliphatic carbocycles. The summed E-state index contributed by atoms with van der Waals surface area (Å²) in [6, 6.07) is 6.35. The van der Waals surface area contributed by atoms with Gasteiger partial charge in [-0.25, -0.2) is 0 Å². The van der Waals surface area contributed by atoms with Crippen LogP contribution in [0.5, 0.6) is 0 Å². The maximum absolute atomic E-state index is 5.25. The molecule has 2 rings (SSSR count). The zero-order chi connectivity index (χ0) is 14.2. The van der Waals surface area contributed by atoms with Crippen LogP contribution in [0.3, 0.4) is 0 Å². The quantitative estimate of drug-likeness (QED) is 0.738. The molecule has 1 unspecified atom stereocenters. The summed E-state index contributed by atoms with van der Waals surface area (Å²) in [5.74, 6) is 0.689. The molecule has 0 amide bonds. The largest absolute Gasteiger partial charge is 0.384 e. The summed E-state index contributed by atoms with van der Waals surface area (Å²) in [7, 11) is 1.79. The molecule has 1 N–H and O–H groups in total. The van der Waals surface area contributed by atoms with E-state index in [0.29, 0.717) is 5.92 Å². The highest BCUT2D eigenvalue weighted by Gasteiger charge is 2.22. The molecule has 1 saturated heterocycles. The molecule has 0 spiro atoms. The maximum atomic E-state index is 5.25. The molecule has 1 aromatic heterocycles. The number of rotatable bonds is 8. The van der Waals surface area contributed by atoms with Gasteiger partial charge in [0.15, 0.2) is 0 Å². The number of ether oxygens (including phenoxy) is 1. The minimum absolute atomic E-state index is 0.689. The Morgan fingerprint density at radius 3 is 3.05 bits per heavy atom. The standard InChI is InChI=1S/C16H27N3O/c1-3-8-17-10-15-5-4-6-16(18-15)12-19-9-7-14(11-19)13-20-2/h4-6,14,17H,3,7-13H2,1-2H3. The normalized spacial score (nSPS) is 19.6. The van der Waals surface area contributed by atoms with Crippen molar-refractivity contribution in [3.8, 4) is 0 Å². The lowest BCUT2D eigenvalue weighted by molar-refractivity contribution is 0.152. The van der Waals surface area contributed by atoms with E-state index < -0.39 is 0 Å². The number of nitrogens with one attached hydrogen (secondary N) is 1. The van der Waals surface area contributed by atoms with Crippen LogP contribution in [-0.4, -0.2) is 43.2 Å². The Kier molecular flexibility index (Phi) is 6.43. The molecule has 1 aromatic rings. The van der Waals surface area contributed by atoms with Gasteiger partial charge < -0.3 is 10.1 Å². The first kappa shape index (κ1) is 15.4. The lowest BCUT2D eigenvalue weighted by Gasteiger charge is -2.16. The highest BCUT2D eigenvalue weighted by atomic mass is 16.5. The van der Waals surface area contributed by atoms with Crippen molar-refractivity contribution >= 4 is 0 Å². The molecule has 1 fully saturated rings. The second-order valence-electron chi connectivity index (χ2n) is 5.64. The molecule has 20 heavy (non-hydrogen) atoms. The van der Waals surface area contributed by atoms with Gasteiger partial charge in [0, 0.05) is 26.7 Å². The molecule has 1 atom stereocenters. The Bertz CT molecular complexity index is 397. The topological polar surface area (TPSA) is 37.4 Å². The van der Waals surface area contributed by atoms with Crippen LogP contribution in [0.2, 0.25) is 0 Å². The van der Waals surface area contributed by atoms with Crippen molar-refractivity contribution in [3.05, 3.63) is 29.6 Å². The van der Waals surface area contributed by atoms with Crippen LogP contribution in [0.15, 0.2) is 18.2 Å². The van der Waals surface area contributed by atoms with Gasteiger partial charge in [-0.2, -0.15) is 0 Å². The SMILES string of the molecule is CCCNCc1cccc(CN2CCC(COC)C2)n1. The van der Waals surface area contributed by atoms with Gasteiger partial charge in [-0.05, 0) is 44.0 Å². The summed E-state index contributed by atoms with van der Waals surface area (Å²) in [4.78, 5) is 7.23. The summed E-state index contributed by atoms with van der Waals surface area (Å²) < 4.78 is 5.25. The van der Waals surface area contributed by atoms with Crippen LogP contribution in [0.1, 0.15) is 31.2 Å². The van der Waals surface area contributed by atoms with E-state index in [0.717, 1.165) is 51.4 Å². The van der Waals surface area contributed by atoms with Crippen molar-refractivity contribution in [2.24, 2.45) is 5.92 Å². The summed E-state index contributed by atoms with van der Waals surface area (Å²) in [6.45, 7) is 8.24. The molecule has 4 nitrogen and oxygen atoms in total. The number of likely N-dealkylation sites (tertiary alicyclic amines) is 1.